The number of carbonyl (C=O) groups excluding carboxylic acids is 1. The minimum Gasteiger partial charge on any atom is -0.455 e. The zero-order valence-electron chi connectivity index (χ0n) is 11.6. The Hall–Kier alpha value is -2.94. The molecule has 0 atom stereocenters. The van der Waals surface area contributed by atoms with E-state index < -0.39 is 4.92 Å². The highest BCUT2D eigenvalue weighted by Gasteiger charge is 2.16. The molecule has 1 aliphatic rings. The molecule has 9 heteroatoms. The van der Waals surface area contributed by atoms with Crippen LogP contribution in [-0.4, -0.2) is 28.0 Å². The molecule has 0 radical (unpaired) electrons. The van der Waals surface area contributed by atoms with Crippen molar-refractivity contribution in [2.24, 2.45) is 10.2 Å². The van der Waals surface area contributed by atoms with Crippen molar-refractivity contribution >= 4 is 34.7 Å². The van der Waals surface area contributed by atoms with Gasteiger partial charge in [-0.2, -0.15) is 5.10 Å². The molecule has 8 nitrogen and oxygen atoms in total. The first-order valence-electron chi connectivity index (χ1n) is 6.50. The van der Waals surface area contributed by atoms with Gasteiger partial charge in [0.1, 0.15) is 11.5 Å². The molecule has 1 aromatic carbocycles. The second-order valence-electron chi connectivity index (χ2n) is 4.50. The molecule has 116 valence electrons. The number of hydrogen-bond donors (Lipinski definition) is 1. The van der Waals surface area contributed by atoms with Gasteiger partial charge in [0.25, 0.3) is 5.69 Å². The predicted octanol–water partition coefficient (Wildman–Crippen LogP) is 2.41. The number of nitrogens with one attached hydrogen (secondary N) is 1. The standard InChI is InChI=1S/C14H10N4O4S/c19-13-8-23-14(16-13)17-15-7-11-4-5-12(22-11)9-2-1-3-10(6-9)18(20)21/h1-7H,8H2,(H,16,17,19)/b15-7-. The molecule has 1 saturated heterocycles. The van der Waals surface area contributed by atoms with Gasteiger partial charge in [-0.05, 0) is 12.1 Å². The second-order valence-corrected chi connectivity index (χ2v) is 5.46. The number of carbonyl (C=O) groups is 1. The third-order valence-corrected chi connectivity index (χ3v) is 3.75. The number of thioether (sulfide) groups is 1. The quantitative estimate of drug-likeness (QED) is 0.526. The number of nitro benzene ring substituents is 1. The average Bonchev–Trinajstić information content (AvgIpc) is 3.17. The van der Waals surface area contributed by atoms with Crippen LogP contribution < -0.4 is 5.32 Å². The molecule has 2 aromatic rings. The molecule has 1 N–H and O–H groups in total. The van der Waals surface area contributed by atoms with E-state index in [9.17, 15) is 14.9 Å². The van der Waals surface area contributed by atoms with Gasteiger partial charge in [-0.15, -0.1) is 5.10 Å². The number of amides is 1. The summed E-state index contributed by atoms with van der Waals surface area (Å²) in [5.74, 6) is 1.18. The fourth-order valence-corrected chi connectivity index (χ4v) is 2.50. The van der Waals surface area contributed by atoms with E-state index in [4.69, 9.17) is 4.42 Å². The van der Waals surface area contributed by atoms with Crippen molar-refractivity contribution in [2.75, 3.05) is 5.75 Å². The molecule has 0 aliphatic carbocycles. The van der Waals surface area contributed by atoms with Crippen molar-refractivity contribution < 1.29 is 14.1 Å². The van der Waals surface area contributed by atoms with Crippen LogP contribution in [0.3, 0.4) is 0 Å². The predicted molar refractivity (Wildman–Crippen MR) is 86.4 cm³/mol. The molecule has 0 saturated carbocycles. The number of benzene rings is 1. The summed E-state index contributed by atoms with van der Waals surface area (Å²) in [6.07, 6.45) is 1.40. The van der Waals surface area contributed by atoms with Crippen LogP contribution in [0.2, 0.25) is 0 Å². The molecular formula is C14H10N4O4S. The zero-order chi connectivity index (χ0) is 16.2. The summed E-state index contributed by atoms with van der Waals surface area (Å²) in [7, 11) is 0. The summed E-state index contributed by atoms with van der Waals surface area (Å²) in [6.45, 7) is 0. The van der Waals surface area contributed by atoms with Gasteiger partial charge in [0.15, 0.2) is 5.17 Å². The van der Waals surface area contributed by atoms with Crippen LogP contribution in [0.25, 0.3) is 11.3 Å². The van der Waals surface area contributed by atoms with Crippen LogP contribution in [0.15, 0.2) is 51.0 Å². The van der Waals surface area contributed by atoms with Gasteiger partial charge < -0.3 is 9.73 Å². The lowest BCUT2D eigenvalue weighted by atomic mass is 10.1. The minimum absolute atomic E-state index is 0.00508. The van der Waals surface area contributed by atoms with Crippen molar-refractivity contribution in [2.45, 2.75) is 0 Å². The largest absolute Gasteiger partial charge is 0.455 e. The molecule has 1 fully saturated rings. The molecule has 23 heavy (non-hydrogen) atoms. The highest BCUT2D eigenvalue weighted by Crippen LogP contribution is 2.25. The minimum atomic E-state index is -0.460. The Labute approximate surface area is 134 Å². The topological polar surface area (TPSA) is 110 Å². The molecular weight excluding hydrogens is 320 g/mol. The van der Waals surface area contributed by atoms with E-state index in [-0.39, 0.29) is 11.6 Å². The normalized spacial score (nSPS) is 16.2. The van der Waals surface area contributed by atoms with Crippen molar-refractivity contribution in [3.05, 3.63) is 52.3 Å². The molecule has 0 spiro atoms. The summed E-state index contributed by atoms with van der Waals surface area (Å²) < 4.78 is 5.55. The Balaban J connectivity index is 1.74. The smallest absolute Gasteiger partial charge is 0.270 e. The van der Waals surface area contributed by atoms with E-state index in [2.05, 4.69) is 15.5 Å². The summed E-state index contributed by atoms with van der Waals surface area (Å²) in [5.41, 5.74) is 0.596. The molecule has 2 heterocycles. The van der Waals surface area contributed by atoms with Gasteiger partial charge in [0.2, 0.25) is 5.91 Å². The molecule has 0 bridgehead atoms. The van der Waals surface area contributed by atoms with Crippen LogP contribution in [0.4, 0.5) is 5.69 Å². The van der Waals surface area contributed by atoms with Gasteiger partial charge in [0.05, 0.1) is 16.9 Å². The monoisotopic (exact) mass is 330 g/mol. The Morgan fingerprint density at radius 2 is 2.22 bits per heavy atom. The van der Waals surface area contributed by atoms with Crippen molar-refractivity contribution in [1.29, 1.82) is 0 Å². The molecule has 0 unspecified atom stereocenters. The van der Waals surface area contributed by atoms with E-state index in [0.29, 0.717) is 28.0 Å². The number of furan rings is 1. The van der Waals surface area contributed by atoms with Crippen molar-refractivity contribution in [3.63, 3.8) is 0 Å². The average molecular weight is 330 g/mol. The van der Waals surface area contributed by atoms with Crippen molar-refractivity contribution in [1.82, 2.24) is 5.32 Å². The number of non-ortho nitro benzene ring substituents is 1. The zero-order valence-corrected chi connectivity index (χ0v) is 12.4. The highest BCUT2D eigenvalue weighted by atomic mass is 32.2. The van der Waals surface area contributed by atoms with Crippen LogP contribution in [-0.2, 0) is 4.79 Å². The Bertz CT molecular complexity index is 828. The fraction of sp³-hybridized carbons (Fsp3) is 0.0714. The lowest BCUT2D eigenvalue weighted by molar-refractivity contribution is -0.384. The lowest BCUT2D eigenvalue weighted by Crippen LogP contribution is -2.19. The molecule has 1 aliphatic heterocycles. The molecule has 1 aromatic heterocycles. The first kappa shape index (κ1) is 15.0. The second kappa shape index (κ2) is 6.44. The summed E-state index contributed by atoms with van der Waals surface area (Å²) in [6, 6.07) is 9.54. The Morgan fingerprint density at radius 3 is 2.96 bits per heavy atom. The number of amidine groups is 1. The van der Waals surface area contributed by atoms with E-state index in [1.807, 2.05) is 0 Å². The highest BCUT2D eigenvalue weighted by molar-refractivity contribution is 8.15. The number of rotatable bonds is 4. The van der Waals surface area contributed by atoms with Gasteiger partial charge in [-0.3, -0.25) is 14.9 Å². The van der Waals surface area contributed by atoms with Crippen molar-refractivity contribution in [3.8, 4) is 11.3 Å². The summed E-state index contributed by atoms with van der Waals surface area (Å²) >= 11 is 1.27. The first-order chi connectivity index (χ1) is 11.1. The maximum Gasteiger partial charge on any atom is 0.270 e. The third kappa shape index (κ3) is 3.64. The van der Waals surface area contributed by atoms with Crippen LogP contribution >= 0.6 is 11.8 Å². The van der Waals surface area contributed by atoms with Gasteiger partial charge in [-0.1, -0.05) is 23.9 Å². The van der Waals surface area contributed by atoms with Gasteiger partial charge >= 0.3 is 0 Å². The number of hydrogen-bond acceptors (Lipinski definition) is 7. The van der Waals surface area contributed by atoms with Gasteiger partial charge in [0, 0.05) is 17.7 Å². The van der Waals surface area contributed by atoms with E-state index in [1.54, 1.807) is 24.3 Å². The fourth-order valence-electron chi connectivity index (χ4n) is 1.87. The van der Waals surface area contributed by atoms with Crippen LogP contribution in [0, 0.1) is 10.1 Å². The summed E-state index contributed by atoms with van der Waals surface area (Å²) in [5, 5.41) is 21.5. The van der Waals surface area contributed by atoms with E-state index in [0.717, 1.165) is 0 Å². The lowest BCUT2D eigenvalue weighted by Gasteiger charge is -1.96. The maximum absolute atomic E-state index is 11.0. The maximum atomic E-state index is 11.0. The number of nitro groups is 1. The first-order valence-corrected chi connectivity index (χ1v) is 7.49. The molecule has 1 amide bonds. The van der Waals surface area contributed by atoms with E-state index >= 15 is 0 Å². The molecule has 3 rings (SSSR count). The van der Waals surface area contributed by atoms with Crippen LogP contribution in [0.1, 0.15) is 5.76 Å². The Kier molecular flexibility index (Phi) is 4.20. The summed E-state index contributed by atoms with van der Waals surface area (Å²) in [4.78, 5) is 21.3. The van der Waals surface area contributed by atoms with E-state index in [1.165, 1.54) is 30.1 Å². The van der Waals surface area contributed by atoms with Crippen LogP contribution in [0.5, 0.6) is 0 Å². The Morgan fingerprint density at radius 1 is 1.35 bits per heavy atom. The number of nitrogens with zero attached hydrogens (tertiary/aromatic N) is 3. The third-order valence-electron chi connectivity index (χ3n) is 2.89. The van der Waals surface area contributed by atoms with Gasteiger partial charge in [-0.25, -0.2) is 0 Å². The SMILES string of the molecule is O=C1CS/C(=N/N=C\c2ccc(-c3cccc([N+](=O)[O-])c3)o2)N1.